The first-order valence-electron chi connectivity index (χ1n) is 6.23. The topological polar surface area (TPSA) is 29.5 Å². The van der Waals surface area contributed by atoms with E-state index in [1.54, 1.807) is 19.1 Å². The van der Waals surface area contributed by atoms with Gasteiger partial charge in [-0.1, -0.05) is 40.2 Å². The van der Waals surface area contributed by atoms with Crippen LogP contribution in [0.25, 0.3) is 0 Å². The van der Waals surface area contributed by atoms with Crippen molar-refractivity contribution in [1.29, 1.82) is 0 Å². The average molecular weight is 334 g/mol. The van der Waals surface area contributed by atoms with E-state index >= 15 is 0 Å². The fourth-order valence-electron chi connectivity index (χ4n) is 1.95. The van der Waals surface area contributed by atoms with Crippen LogP contribution in [0.5, 0.6) is 5.75 Å². The molecule has 0 atom stereocenters. The molecule has 0 saturated heterocycles. The van der Waals surface area contributed by atoms with Crippen LogP contribution in [0.1, 0.15) is 15.9 Å². The number of amides is 1. The zero-order chi connectivity index (χ0) is 14.5. The number of anilines is 1. The maximum atomic E-state index is 12.5. The van der Waals surface area contributed by atoms with E-state index in [2.05, 4.69) is 15.9 Å². The lowest BCUT2D eigenvalue weighted by Crippen LogP contribution is -2.26. The van der Waals surface area contributed by atoms with Gasteiger partial charge in [0.15, 0.2) is 0 Å². The van der Waals surface area contributed by atoms with Crippen molar-refractivity contribution in [2.45, 2.75) is 5.33 Å². The molecule has 0 aliphatic rings. The number of hydrogen-bond donors (Lipinski definition) is 0. The Kier molecular flexibility index (Phi) is 4.79. The standard InChI is InChI=1S/C16H16BrNO2/c1-18(14-5-3-4-6-15(14)20-2)16(19)13-9-7-12(11-17)8-10-13/h3-10H,11H2,1-2H3. The summed E-state index contributed by atoms with van der Waals surface area (Å²) in [6.45, 7) is 0. The molecule has 0 radical (unpaired) electrons. The number of ether oxygens (including phenoxy) is 1. The largest absolute Gasteiger partial charge is 0.495 e. The molecule has 4 heteroatoms. The normalized spacial score (nSPS) is 10.2. The molecule has 0 aliphatic heterocycles. The lowest BCUT2D eigenvalue weighted by atomic mass is 10.1. The summed E-state index contributed by atoms with van der Waals surface area (Å²) < 4.78 is 5.29. The van der Waals surface area contributed by atoms with E-state index in [1.807, 2.05) is 48.5 Å². The number of nitrogens with zero attached hydrogens (tertiary/aromatic N) is 1. The first kappa shape index (κ1) is 14.6. The molecule has 104 valence electrons. The molecular formula is C16H16BrNO2. The number of carbonyl (C=O) groups is 1. The highest BCUT2D eigenvalue weighted by atomic mass is 79.9. The number of para-hydroxylation sites is 2. The van der Waals surface area contributed by atoms with Crippen molar-refractivity contribution < 1.29 is 9.53 Å². The van der Waals surface area contributed by atoms with Crippen LogP contribution >= 0.6 is 15.9 Å². The zero-order valence-corrected chi connectivity index (χ0v) is 13.1. The molecule has 0 fully saturated rings. The number of alkyl halides is 1. The van der Waals surface area contributed by atoms with E-state index in [9.17, 15) is 4.79 Å². The fraction of sp³-hybridized carbons (Fsp3) is 0.188. The Hall–Kier alpha value is -1.81. The predicted molar refractivity (Wildman–Crippen MR) is 84.8 cm³/mol. The van der Waals surface area contributed by atoms with Crippen LogP contribution in [-0.4, -0.2) is 20.1 Å². The minimum atomic E-state index is -0.0596. The average Bonchev–Trinajstić information content (AvgIpc) is 2.53. The summed E-state index contributed by atoms with van der Waals surface area (Å²) in [5.41, 5.74) is 2.55. The summed E-state index contributed by atoms with van der Waals surface area (Å²) in [6, 6.07) is 15.0. The number of benzene rings is 2. The van der Waals surface area contributed by atoms with Gasteiger partial charge in [0.2, 0.25) is 0 Å². The number of halogens is 1. The Morgan fingerprint density at radius 2 is 1.80 bits per heavy atom. The van der Waals surface area contributed by atoms with E-state index in [4.69, 9.17) is 4.74 Å². The maximum Gasteiger partial charge on any atom is 0.258 e. The molecule has 0 N–H and O–H groups in total. The second kappa shape index (κ2) is 6.57. The van der Waals surface area contributed by atoms with Crippen LogP contribution in [0.4, 0.5) is 5.69 Å². The van der Waals surface area contributed by atoms with Gasteiger partial charge in [-0.15, -0.1) is 0 Å². The monoisotopic (exact) mass is 333 g/mol. The molecule has 2 aromatic carbocycles. The third-order valence-corrected chi connectivity index (χ3v) is 3.75. The van der Waals surface area contributed by atoms with E-state index in [-0.39, 0.29) is 5.91 Å². The van der Waals surface area contributed by atoms with Gasteiger partial charge in [0, 0.05) is 17.9 Å². The highest BCUT2D eigenvalue weighted by Gasteiger charge is 2.16. The molecule has 3 nitrogen and oxygen atoms in total. The van der Waals surface area contributed by atoms with Crippen LogP contribution in [0, 0.1) is 0 Å². The quantitative estimate of drug-likeness (QED) is 0.795. The van der Waals surface area contributed by atoms with E-state index < -0.39 is 0 Å². The van der Waals surface area contributed by atoms with Crippen molar-refractivity contribution in [3.8, 4) is 5.75 Å². The minimum Gasteiger partial charge on any atom is -0.495 e. The van der Waals surface area contributed by atoms with Crippen molar-refractivity contribution in [2.75, 3.05) is 19.1 Å². The second-order valence-electron chi connectivity index (χ2n) is 4.37. The highest BCUT2D eigenvalue weighted by molar-refractivity contribution is 9.08. The van der Waals surface area contributed by atoms with Crippen molar-refractivity contribution in [3.63, 3.8) is 0 Å². The van der Waals surface area contributed by atoms with E-state index in [0.29, 0.717) is 11.3 Å². The van der Waals surface area contributed by atoms with Crippen LogP contribution in [0.3, 0.4) is 0 Å². The Balaban J connectivity index is 2.27. The van der Waals surface area contributed by atoms with Gasteiger partial charge in [-0.2, -0.15) is 0 Å². The number of rotatable bonds is 4. The highest BCUT2D eigenvalue weighted by Crippen LogP contribution is 2.27. The number of methoxy groups -OCH3 is 1. The lowest BCUT2D eigenvalue weighted by Gasteiger charge is -2.20. The summed E-state index contributed by atoms with van der Waals surface area (Å²) in [6.07, 6.45) is 0. The van der Waals surface area contributed by atoms with E-state index in [1.165, 1.54) is 0 Å². The molecule has 1 amide bonds. The number of carbonyl (C=O) groups excluding carboxylic acids is 1. The number of hydrogen-bond acceptors (Lipinski definition) is 2. The van der Waals surface area contributed by atoms with Gasteiger partial charge in [0.25, 0.3) is 5.91 Å². The summed E-state index contributed by atoms with van der Waals surface area (Å²) in [7, 11) is 3.35. The van der Waals surface area contributed by atoms with E-state index in [0.717, 1.165) is 16.6 Å². The summed E-state index contributed by atoms with van der Waals surface area (Å²) in [4.78, 5) is 14.1. The summed E-state index contributed by atoms with van der Waals surface area (Å²) in [5, 5.41) is 0.782. The third kappa shape index (κ3) is 3.02. The van der Waals surface area contributed by atoms with Crippen molar-refractivity contribution >= 4 is 27.5 Å². The zero-order valence-electron chi connectivity index (χ0n) is 11.5. The van der Waals surface area contributed by atoms with Gasteiger partial charge in [0.1, 0.15) is 5.75 Å². The molecule has 0 spiro atoms. The van der Waals surface area contributed by atoms with Crippen molar-refractivity contribution in [3.05, 3.63) is 59.7 Å². The van der Waals surface area contributed by atoms with Crippen LogP contribution in [0.2, 0.25) is 0 Å². The molecule has 20 heavy (non-hydrogen) atoms. The minimum absolute atomic E-state index is 0.0596. The molecule has 0 aromatic heterocycles. The SMILES string of the molecule is COc1ccccc1N(C)C(=O)c1ccc(CBr)cc1. The first-order chi connectivity index (χ1) is 9.67. The molecule has 2 aromatic rings. The summed E-state index contributed by atoms with van der Waals surface area (Å²) in [5.74, 6) is 0.621. The molecule has 2 rings (SSSR count). The maximum absolute atomic E-state index is 12.5. The second-order valence-corrected chi connectivity index (χ2v) is 4.93. The first-order valence-corrected chi connectivity index (χ1v) is 7.35. The Bertz CT molecular complexity index is 596. The van der Waals surface area contributed by atoms with Gasteiger partial charge < -0.3 is 9.64 Å². The lowest BCUT2D eigenvalue weighted by molar-refractivity contribution is 0.0992. The van der Waals surface area contributed by atoms with Crippen LogP contribution in [0.15, 0.2) is 48.5 Å². The van der Waals surface area contributed by atoms with Crippen LogP contribution < -0.4 is 9.64 Å². The molecule has 0 unspecified atom stereocenters. The predicted octanol–water partition coefficient (Wildman–Crippen LogP) is 3.87. The Labute approximate surface area is 127 Å². The molecular weight excluding hydrogens is 318 g/mol. The van der Waals surface area contributed by atoms with Gasteiger partial charge in [-0.05, 0) is 29.8 Å². The Morgan fingerprint density at radius 1 is 1.15 bits per heavy atom. The fourth-order valence-corrected chi connectivity index (χ4v) is 2.32. The molecule has 0 bridgehead atoms. The van der Waals surface area contributed by atoms with Crippen LogP contribution in [-0.2, 0) is 5.33 Å². The Morgan fingerprint density at radius 3 is 2.40 bits per heavy atom. The molecule has 0 saturated carbocycles. The summed E-state index contributed by atoms with van der Waals surface area (Å²) >= 11 is 3.39. The van der Waals surface area contributed by atoms with Gasteiger partial charge >= 0.3 is 0 Å². The smallest absolute Gasteiger partial charge is 0.258 e. The van der Waals surface area contributed by atoms with Gasteiger partial charge in [-0.3, -0.25) is 4.79 Å². The third-order valence-electron chi connectivity index (χ3n) is 3.11. The van der Waals surface area contributed by atoms with Gasteiger partial charge in [0.05, 0.1) is 12.8 Å². The van der Waals surface area contributed by atoms with Crippen molar-refractivity contribution in [1.82, 2.24) is 0 Å². The molecule has 0 heterocycles. The van der Waals surface area contributed by atoms with Gasteiger partial charge in [-0.25, -0.2) is 0 Å². The molecule has 0 aliphatic carbocycles. The van der Waals surface area contributed by atoms with Crippen molar-refractivity contribution in [2.24, 2.45) is 0 Å².